The Hall–Kier alpha value is -0.0800. The molecule has 2 unspecified atom stereocenters. The van der Waals surface area contributed by atoms with Gasteiger partial charge in [-0.2, -0.15) is 0 Å². The van der Waals surface area contributed by atoms with Crippen LogP contribution in [0.2, 0.25) is 0 Å². The molecule has 3 aliphatic rings. The lowest BCUT2D eigenvalue weighted by molar-refractivity contribution is -0.267. The summed E-state index contributed by atoms with van der Waals surface area (Å²) in [5, 5.41) is 0. The third kappa shape index (κ3) is 0.695. The highest BCUT2D eigenvalue weighted by atomic mass is 16.7. The first-order chi connectivity index (χ1) is 5.41. The van der Waals surface area contributed by atoms with Crippen LogP contribution >= 0.6 is 0 Å². The van der Waals surface area contributed by atoms with Gasteiger partial charge in [-0.25, -0.2) is 0 Å². The molecule has 0 amide bonds. The molecule has 1 saturated heterocycles. The third-order valence-electron chi connectivity index (χ3n) is 3.55. The van der Waals surface area contributed by atoms with Crippen LogP contribution in [0.15, 0.2) is 0 Å². The molecule has 2 atom stereocenters. The Kier molecular flexibility index (Phi) is 1.16. The number of hydrogen-bond acceptors (Lipinski definition) is 2. The van der Waals surface area contributed by atoms with Gasteiger partial charge in [0.05, 0.1) is 13.2 Å². The summed E-state index contributed by atoms with van der Waals surface area (Å²) in [5.74, 6) is 1.61. The number of ether oxygens (including phenoxy) is 2. The maximum atomic E-state index is 5.67. The maximum Gasteiger partial charge on any atom is 0.171 e. The van der Waals surface area contributed by atoms with Gasteiger partial charge in [-0.15, -0.1) is 0 Å². The summed E-state index contributed by atoms with van der Waals surface area (Å²) in [4.78, 5) is 0. The highest BCUT2D eigenvalue weighted by Gasteiger charge is 2.59. The second kappa shape index (κ2) is 1.99. The van der Waals surface area contributed by atoms with Crippen molar-refractivity contribution in [3.8, 4) is 0 Å². The average molecular weight is 154 g/mol. The number of hydrogen-bond donors (Lipinski definition) is 0. The fourth-order valence-electron chi connectivity index (χ4n) is 3.02. The quantitative estimate of drug-likeness (QED) is 0.527. The molecule has 1 spiro atoms. The first kappa shape index (κ1) is 6.44. The van der Waals surface area contributed by atoms with E-state index < -0.39 is 0 Å². The average Bonchev–Trinajstić information content (AvgIpc) is 2.52. The summed E-state index contributed by atoms with van der Waals surface area (Å²) < 4.78 is 11.3. The van der Waals surface area contributed by atoms with Gasteiger partial charge in [-0.05, 0) is 18.8 Å². The molecule has 2 saturated carbocycles. The van der Waals surface area contributed by atoms with E-state index in [1.807, 2.05) is 0 Å². The first-order valence-electron chi connectivity index (χ1n) is 4.69. The summed E-state index contributed by atoms with van der Waals surface area (Å²) in [6.07, 6.45) is 5.32. The van der Waals surface area contributed by atoms with Crippen LogP contribution < -0.4 is 0 Å². The molecular weight excluding hydrogens is 140 g/mol. The molecule has 0 radical (unpaired) electrons. The Morgan fingerprint density at radius 3 is 2.64 bits per heavy atom. The lowest BCUT2D eigenvalue weighted by Gasteiger charge is -2.47. The Balaban J connectivity index is 1.81. The zero-order chi connectivity index (χ0) is 7.31. The van der Waals surface area contributed by atoms with E-state index in [4.69, 9.17) is 9.47 Å². The Morgan fingerprint density at radius 2 is 1.91 bits per heavy atom. The van der Waals surface area contributed by atoms with Crippen molar-refractivity contribution >= 4 is 0 Å². The van der Waals surface area contributed by atoms with Gasteiger partial charge >= 0.3 is 0 Å². The predicted octanol–water partition coefficient (Wildman–Crippen LogP) is 1.55. The molecule has 0 aromatic carbocycles. The summed E-state index contributed by atoms with van der Waals surface area (Å²) in [7, 11) is 0. The predicted molar refractivity (Wildman–Crippen MR) is 40.1 cm³/mol. The highest BCUT2D eigenvalue weighted by molar-refractivity contribution is 5.02. The highest BCUT2D eigenvalue weighted by Crippen LogP contribution is 2.57. The van der Waals surface area contributed by atoms with Crippen LogP contribution in [0.4, 0.5) is 0 Å². The zero-order valence-corrected chi connectivity index (χ0v) is 6.71. The summed E-state index contributed by atoms with van der Waals surface area (Å²) in [6, 6.07) is 0. The van der Waals surface area contributed by atoms with Gasteiger partial charge in [0.25, 0.3) is 0 Å². The molecule has 2 aliphatic carbocycles. The van der Waals surface area contributed by atoms with E-state index in [0.29, 0.717) is 0 Å². The van der Waals surface area contributed by atoms with Gasteiger partial charge in [-0.1, -0.05) is 6.42 Å². The Morgan fingerprint density at radius 1 is 1.09 bits per heavy atom. The number of rotatable bonds is 0. The fraction of sp³-hybridized carbons (Fsp3) is 1.00. The van der Waals surface area contributed by atoms with E-state index in [0.717, 1.165) is 25.0 Å². The van der Waals surface area contributed by atoms with Gasteiger partial charge in [0.15, 0.2) is 5.79 Å². The minimum absolute atomic E-state index is 0.0822. The SMILES string of the molecule is C1CC2CC3(OCCO3)C2C1. The standard InChI is InChI=1S/C9H14O2/c1-2-7-6-9(8(7)3-1)10-4-5-11-9/h7-8H,1-6H2. The van der Waals surface area contributed by atoms with E-state index in [-0.39, 0.29) is 5.79 Å². The molecule has 3 fully saturated rings. The van der Waals surface area contributed by atoms with Crippen LogP contribution in [0.3, 0.4) is 0 Å². The summed E-state index contributed by atoms with van der Waals surface area (Å²) in [5.41, 5.74) is 0. The molecule has 3 rings (SSSR count). The smallest absolute Gasteiger partial charge is 0.171 e. The molecule has 2 nitrogen and oxygen atoms in total. The van der Waals surface area contributed by atoms with Crippen molar-refractivity contribution < 1.29 is 9.47 Å². The van der Waals surface area contributed by atoms with Gasteiger partial charge in [0.1, 0.15) is 0 Å². The summed E-state index contributed by atoms with van der Waals surface area (Å²) >= 11 is 0. The normalized spacial score (nSPS) is 45.8. The van der Waals surface area contributed by atoms with Crippen LogP contribution in [0.1, 0.15) is 25.7 Å². The first-order valence-corrected chi connectivity index (χ1v) is 4.69. The Bertz CT molecular complexity index is 172. The Labute approximate surface area is 66.9 Å². The summed E-state index contributed by atoms with van der Waals surface area (Å²) in [6.45, 7) is 1.65. The van der Waals surface area contributed by atoms with E-state index >= 15 is 0 Å². The van der Waals surface area contributed by atoms with Crippen LogP contribution in [0.5, 0.6) is 0 Å². The van der Waals surface area contributed by atoms with Crippen molar-refractivity contribution in [2.45, 2.75) is 31.5 Å². The van der Waals surface area contributed by atoms with Gasteiger partial charge < -0.3 is 9.47 Å². The minimum atomic E-state index is -0.0822. The monoisotopic (exact) mass is 154 g/mol. The minimum Gasteiger partial charge on any atom is -0.347 e. The molecule has 1 aliphatic heterocycles. The van der Waals surface area contributed by atoms with Crippen molar-refractivity contribution in [1.82, 2.24) is 0 Å². The third-order valence-corrected chi connectivity index (χ3v) is 3.55. The topological polar surface area (TPSA) is 18.5 Å². The van der Waals surface area contributed by atoms with Crippen LogP contribution in [0, 0.1) is 11.8 Å². The molecule has 0 N–H and O–H groups in total. The molecule has 62 valence electrons. The fourth-order valence-corrected chi connectivity index (χ4v) is 3.02. The lowest BCUT2D eigenvalue weighted by Crippen LogP contribution is -2.52. The van der Waals surface area contributed by atoms with Crippen molar-refractivity contribution in [1.29, 1.82) is 0 Å². The second-order valence-electron chi connectivity index (χ2n) is 4.01. The van der Waals surface area contributed by atoms with Crippen LogP contribution in [-0.2, 0) is 9.47 Å². The van der Waals surface area contributed by atoms with Crippen LogP contribution in [-0.4, -0.2) is 19.0 Å². The van der Waals surface area contributed by atoms with E-state index in [2.05, 4.69) is 0 Å². The van der Waals surface area contributed by atoms with Crippen molar-refractivity contribution in [3.05, 3.63) is 0 Å². The van der Waals surface area contributed by atoms with Crippen molar-refractivity contribution in [2.24, 2.45) is 11.8 Å². The van der Waals surface area contributed by atoms with E-state index in [9.17, 15) is 0 Å². The molecule has 11 heavy (non-hydrogen) atoms. The van der Waals surface area contributed by atoms with Gasteiger partial charge in [0.2, 0.25) is 0 Å². The van der Waals surface area contributed by atoms with Crippen molar-refractivity contribution in [2.75, 3.05) is 13.2 Å². The molecule has 1 heterocycles. The molecule has 0 aromatic heterocycles. The molecule has 2 heteroatoms. The zero-order valence-electron chi connectivity index (χ0n) is 6.71. The number of fused-ring (bicyclic) bond motifs is 2. The molecule has 0 aromatic rings. The molecular formula is C9H14O2. The van der Waals surface area contributed by atoms with Crippen LogP contribution in [0.25, 0.3) is 0 Å². The van der Waals surface area contributed by atoms with Gasteiger partial charge in [-0.3, -0.25) is 0 Å². The van der Waals surface area contributed by atoms with E-state index in [1.165, 1.54) is 25.7 Å². The lowest BCUT2D eigenvalue weighted by atomic mass is 9.70. The largest absolute Gasteiger partial charge is 0.347 e. The second-order valence-corrected chi connectivity index (χ2v) is 4.01. The van der Waals surface area contributed by atoms with E-state index in [1.54, 1.807) is 0 Å². The molecule has 0 bridgehead atoms. The van der Waals surface area contributed by atoms with Gasteiger partial charge in [0, 0.05) is 12.3 Å². The maximum absolute atomic E-state index is 5.67. The van der Waals surface area contributed by atoms with Crippen molar-refractivity contribution in [3.63, 3.8) is 0 Å².